The first-order valence-corrected chi connectivity index (χ1v) is 6.29. The molecule has 0 radical (unpaired) electrons. The third kappa shape index (κ3) is 4.22. The van der Waals surface area contributed by atoms with Crippen molar-refractivity contribution >= 4 is 0 Å². The van der Waals surface area contributed by atoms with Crippen molar-refractivity contribution < 1.29 is 4.74 Å². The molecule has 0 aromatic heterocycles. The van der Waals surface area contributed by atoms with Crippen LogP contribution < -0.4 is 10.1 Å². The molecule has 0 bridgehead atoms. The molecule has 0 fully saturated rings. The van der Waals surface area contributed by atoms with Crippen molar-refractivity contribution in [2.75, 3.05) is 13.2 Å². The molecule has 0 atom stereocenters. The predicted molar refractivity (Wildman–Crippen MR) is 74.8 cm³/mol. The van der Waals surface area contributed by atoms with E-state index in [1.807, 2.05) is 18.2 Å². The zero-order valence-corrected chi connectivity index (χ0v) is 10.7. The van der Waals surface area contributed by atoms with Crippen molar-refractivity contribution in [3.8, 4) is 5.75 Å². The first kappa shape index (κ1) is 12.7. The van der Waals surface area contributed by atoms with Gasteiger partial charge >= 0.3 is 0 Å². The summed E-state index contributed by atoms with van der Waals surface area (Å²) in [7, 11) is 0. The van der Waals surface area contributed by atoms with Gasteiger partial charge in [-0.3, -0.25) is 0 Å². The second-order valence-corrected chi connectivity index (χ2v) is 4.32. The second kappa shape index (κ2) is 6.82. The molecule has 2 aromatic carbocycles. The Bertz CT molecular complexity index is 450. The average molecular weight is 241 g/mol. The standard InChI is InChI=1S/C16H19NO/c1-14-7-9-16(10-8-14)18-12-11-17-13-15-5-3-2-4-6-15/h2-10,17H,11-13H2,1H3. The number of aryl methyl sites for hydroxylation is 1. The van der Waals surface area contributed by atoms with Crippen LogP contribution in [0, 0.1) is 6.92 Å². The Morgan fingerprint density at radius 1 is 0.944 bits per heavy atom. The highest BCUT2D eigenvalue weighted by Crippen LogP contribution is 2.10. The van der Waals surface area contributed by atoms with Crippen molar-refractivity contribution in [3.63, 3.8) is 0 Å². The molecule has 0 saturated heterocycles. The molecule has 0 aliphatic carbocycles. The summed E-state index contributed by atoms with van der Waals surface area (Å²) in [6.07, 6.45) is 0. The maximum Gasteiger partial charge on any atom is 0.119 e. The van der Waals surface area contributed by atoms with E-state index in [1.54, 1.807) is 0 Å². The Morgan fingerprint density at radius 3 is 2.39 bits per heavy atom. The number of ether oxygens (including phenoxy) is 1. The maximum atomic E-state index is 5.64. The molecule has 2 rings (SSSR count). The van der Waals surface area contributed by atoms with E-state index < -0.39 is 0 Å². The first-order chi connectivity index (χ1) is 8.84. The quantitative estimate of drug-likeness (QED) is 0.784. The SMILES string of the molecule is Cc1ccc(OCCNCc2ccccc2)cc1. The largest absolute Gasteiger partial charge is 0.492 e. The fourth-order valence-corrected chi connectivity index (χ4v) is 1.70. The highest BCUT2D eigenvalue weighted by molar-refractivity contribution is 5.26. The van der Waals surface area contributed by atoms with Crippen molar-refractivity contribution in [1.29, 1.82) is 0 Å². The molecular formula is C16H19NO. The predicted octanol–water partition coefficient (Wildman–Crippen LogP) is 3.16. The Labute approximate surface area is 109 Å². The maximum absolute atomic E-state index is 5.64. The summed E-state index contributed by atoms with van der Waals surface area (Å²) in [6, 6.07) is 18.5. The van der Waals surface area contributed by atoms with Crippen LogP contribution >= 0.6 is 0 Å². The third-order valence-electron chi connectivity index (χ3n) is 2.74. The number of rotatable bonds is 6. The van der Waals surface area contributed by atoms with Gasteiger partial charge in [0.05, 0.1) is 0 Å². The zero-order chi connectivity index (χ0) is 12.6. The molecule has 94 valence electrons. The summed E-state index contributed by atoms with van der Waals surface area (Å²) in [5.41, 5.74) is 2.55. The summed E-state index contributed by atoms with van der Waals surface area (Å²) < 4.78 is 5.64. The molecule has 0 aliphatic rings. The summed E-state index contributed by atoms with van der Waals surface area (Å²) in [6.45, 7) is 4.50. The van der Waals surface area contributed by atoms with Gasteiger partial charge < -0.3 is 10.1 Å². The minimum atomic E-state index is 0.690. The smallest absolute Gasteiger partial charge is 0.119 e. The number of hydrogen-bond donors (Lipinski definition) is 1. The Kier molecular flexibility index (Phi) is 4.79. The van der Waals surface area contributed by atoms with Crippen molar-refractivity contribution in [2.24, 2.45) is 0 Å². The van der Waals surface area contributed by atoms with Crippen molar-refractivity contribution in [1.82, 2.24) is 5.32 Å². The lowest BCUT2D eigenvalue weighted by molar-refractivity contribution is 0.313. The van der Waals surface area contributed by atoms with Crippen LogP contribution in [0.2, 0.25) is 0 Å². The Hall–Kier alpha value is -1.80. The molecule has 0 spiro atoms. The van der Waals surface area contributed by atoms with Crippen LogP contribution in [0.3, 0.4) is 0 Å². The highest BCUT2D eigenvalue weighted by Gasteiger charge is 1.94. The number of nitrogens with one attached hydrogen (secondary N) is 1. The zero-order valence-electron chi connectivity index (χ0n) is 10.7. The fourth-order valence-electron chi connectivity index (χ4n) is 1.70. The molecule has 0 amide bonds. The van der Waals surface area contributed by atoms with E-state index in [9.17, 15) is 0 Å². The van der Waals surface area contributed by atoms with Gasteiger partial charge in [0.2, 0.25) is 0 Å². The molecular weight excluding hydrogens is 222 g/mol. The normalized spacial score (nSPS) is 10.3. The van der Waals surface area contributed by atoms with Gasteiger partial charge in [0.15, 0.2) is 0 Å². The minimum absolute atomic E-state index is 0.690. The van der Waals surface area contributed by atoms with Crippen molar-refractivity contribution in [3.05, 3.63) is 65.7 Å². The van der Waals surface area contributed by atoms with Gasteiger partial charge in [-0.15, -0.1) is 0 Å². The second-order valence-electron chi connectivity index (χ2n) is 4.32. The minimum Gasteiger partial charge on any atom is -0.492 e. The van der Waals surface area contributed by atoms with E-state index in [0.717, 1.165) is 18.8 Å². The molecule has 2 aromatic rings. The van der Waals surface area contributed by atoms with Crippen LogP contribution in [-0.2, 0) is 6.54 Å². The van der Waals surface area contributed by atoms with Gasteiger partial charge in [-0.1, -0.05) is 48.0 Å². The highest BCUT2D eigenvalue weighted by atomic mass is 16.5. The molecule has 0 aliphatic heterocycles. The van der Waals surface area contributed by atoms with E-state index in [2.05, 4.69) is 48.6 Å². The van der Waals surface area contributed by atoms with Gasteiger partial charge in [0, 0.05) is 13.1 Å². The van der Waals surface area contributed by atoms with Gasteiger partial charge in [0.1, 0.15) is 12.4 Å². The molecule has 18 heavy (non-hydrogen) atoms. The van der Waals surface area contributed by atoms with E-state index in [0.29, 0.717) is 6.61 Å². The van der Waals surface area contributed by atoms with Gasteiger partial charge in [-0.05, 0) is 24.6 Å². The average Bonchev–Trinajstić information content (AvgIpc) is 2.42. The fraction of sp³-hybridized carbons (Fsp3) is 0.250. The monoisotopic (exact) mass is 241 g/mol. The summed E-state index contributed by atoms with van der Waals surface area (Å²) >= 11 is 0. The first-order valence-electron chi connectivity index (χ1n) is 6.29. The topological polar surface area (TPSA) is 21.3 Å². The lowest BCUT2D eigenvalue weighted by atomic mass is 10.2. The van der Waals surface area contributed by atoms with E-state index in [-0.39, 0.29) is 0 Å². The van der Waals surface area contributed by atoms with E-state index in [4.69, 9.17) is 4.74 Å². The van der Waals surface area contributed by atoms with E-state index >= 15 is 0 Å². The molecule has 1 N–H and O–H groups in total. The summed E-state index contributed by atoms with van der Waals surface area (Å²) in [5.74, 6) is 0.933. The Balaban J connectivity index is 1.63. The van der Waals surface area contributed by atoms with E-state index in [1.165, 1.54) is 11.1 Å². The summed E-state index contributed by atoms with van der Waals surface area (Å²) in [5, 5.41) is 3.36. The Morgan fingerprint density at radius 2 is 1.67 bits per heavy atom. The van der Waals surface area contributed by atoms with Crippen molar-refractivity contribution in [2.45, 2.75) is 13.5 Å². The van der Waals surface area contributed by atoms with Gasteiger partial charge in [0.25, 0.3) is 0 Å². The number of benzene rings is 2. The summed E-state index contributed by atoms with van der Waals surface area (Å²) in [4.78, 5) is 0. The lowest BCUT2D eigenvalue weighted by Gasteiger charge is -2.07. The molecule has 0 saturated carbocycles. The molecule has 2 nitrogen and oxygen atoms in total. The lowest BCUT2D eigenvalue weighted by Crippen LogP contribution is -2.20. The molecule has 0 heterocycles. The van der Waals surface area contributed by atoms with Crippen LogP contribution in [0.4, 0.5) is 0 Å². The van der Waals surface area contributed by atoms with Gasteiger partial charge in [-0.2, -0.15) is 0 Å². The van der Waals surface area contributed by atoms with Crippen LogP contribution in [0.25, 0.3) is 0 Å². The van der Waals surface area contributed by atoms with Crippen LogP contribution in [0.1, 0.15) is 11.1 Å². The van der Waals surface area contributed by atoms with Crippen LogP contribution in [0.15, 0.2) is 54.6 Å². The van der Waals surface area contributed by atoms with Gasteiger partial charge in [-0.25, -0.2) is 0 Å². The van der Waals surface area contributed by atoms with Crippen LogP contribution in [-0.4, -0.2) is 13.2 Å². The number of hydrogen-bond acceptors (Lipinski definition) is 2. The molecule has 2 heteroatoms. The van der Waals surface area contributed by atoms with Crippen LogP contribution in [0.5, 0.6) is 5.75 Å². The molecule has 0 unspecified atom stereocenters. The third-order valence-corrected chi connectivity index (χ3v) is 2.74.